The average Bonchev–Trinajstić information content (AvgIpc) is 2.92. The Hall–Kier alpha value is -2.50. The van der Waals surface area contributed by atoms with Gasteiger partial charge in [-0.05, 0) is 58.4 Å². The number of aromatic nitrogens is 1. The van der Waals surface area contributed by atoms with Gasteiger partial charge in [-0.15, -0.1) is 0 Å². The summed E-state index contributed by atoms with van der Waals surface area (Å²) in [5.41, 5.74) is 0.876. The molecule has 0 spiro atoms. The van der Waals surface area contributed by atoms with Crippen LogP contribution in [0.3, 0.4) is 0 Å². The summed E-state index contributed by atoms with van der Waals surface area (Å²) in [4.78, 5) is 26.9. The molecule has 1 heterocycles. The molecule has 1 amide bonds. The van der Waals surface area contributed by atoms with Crippen molar-refractivity contribution in [3.63, 3.8) is 0 Å². The molecule has 1 aromatic carbocycles. The second-order valence-corrected chi connectivity index (χ2v) is 7.13. The summed E-state index contributed by atoms with van der Waals surface area (Å²) in [5.74, 6) is 0.706. The fraction of sp³-hybridized carbons (Fsp3) is 0.500. The molecule has 142 valence electrons. The van der Waals surface area contributed by atoms with E-state index in [-0.39, 0.29) is 12.3 Å². The third-order valence-electron chi connectivity index (χ3n) is 4.14. The normalized spacial score (nSPS) is 11.5. The van der Waals surface area contributed by atoms with E-state index in [4.69, 9.17) is 9.47 Å². The van der Waals surface area contributed by atoms with Crippen molar-refractivity contribution >= 4 is 22.9 Å². The maximum absolute atomic E-state index is 12.6. The molecular weight excluding hydrogens is 332 g/mol. The topological polar surface area (TPSA) is 60.8 Å². The zero-order valence-corrected chi connectivity index (χ0v) is 16.5. The van der Waals surface area contributed by atoms with E-state index in [2.05, 4.69) is 0 Å². The Morgan fingerprint density at radius 1 is 1.15 bits per heavy atom. The number of amides is 1. The minimum atomic E-state index is -0.600. The van der Waals surface area contributed by atoms with Crippen molar-refractivity contribution in [1.29, 1.82) is 0 Å². The highest BCUT2D eigenvalue weighted by atomic mass is 16.6. The largest absolute Gasteiger partial charge is 0.497 e. The first-order chi connectivity index (χ1) is 12.2. The number of rotatable bonds is 5. The van der Waals surface area contributed by atoms with Crippen molar-refractivity contribution in [3.05, 3.63) is 30.0 Å². The number of carbonyl (C=O) groups excluding carboxylic acids is 2. The van der Waals surface area contributed by atoms with Crippen molar-refractivity contribution in [2.24, 2.45) is 0 Å². The van der Waals surface area contributed by atoms with Gasteiger partial charge in [-0.3, -0.25) is 9.36 Å². The van der Waals surface area contributed by atoms with Crippen molar-refractivity contribution in [2.75, 3.05) is 20.2 Å². The van der Waals surface area contributed by atoms with Crippen LogP contribution in [0.15, 0.2) is 24.4 Å². The van der Waals surface area contributed by atoms with E-state index in [1.54, 1.807) is 24.3 Å². The highest BCUT2D eigenvalue weighted by Crippen LogP contribution is 2.27. The van der Waals surface area contributed by atoms with Gasteiger partial charge in [0.05, 0.1) is 19.0 Å². The number of hydrogen-bond acceptors (Lipinski definition) is 4. The Balaban J connectivity index is 2.48. The number of likely N-dealkylation sites (N-methyl/N-ethyl adjacent to an activating group) is 1. The van der Waals surface area contributed by atoms with Crippen LogP contribution in [0.4, 0.5) is 4.79 Å². The predicted molar refractivity (Wildman–Crippen MR) is 102 cm³/mol. The molecule has 6 heteroatoms. The molecule has 0 atom stereocenters. The summed E-state index contributed by atoms with van der Waals surface area (Å²) in [6.07, 6.45) is 1.45. The van der Waals surface area contributed by atoms with Crippen molar-refractivity contribution < 1.29 is 19.1 Å². The van der Waals surface area contributed by atoms with Crippen molar-refractivity contribution in [2.45, 2.75) is 46.6 Å². The zero-order chi connectivity index (χ0) is 19.5. The smallest absolute Gasteiger partial charge is 0.419 e. The summed E-state index contributed by atoms with van der Waals surface area (Å²) in [6, 6.07) is 5.45. The van der Waals surface area contributed by atoms with Crippen LogP contribution in [0, 0.1) is 0 Å². The molecule has 6 nitrogen and oxygen atoms in total. The number of hydrogen-bond donors (Lipinski definition) is 0. The van der Waals surface area contributed by atoms with Crippen LogP contribution in [0.2, 0.25) is 0 Å². The van der Waals surface area contributed by atoms with Gasteiger partial charge in [0.1, 0.15) is 11.4 Å². The van der Waals surface area contributed by atoms with E-state index in [0.717, 1.165) is 10.9 Å². The number of methoxy groups -OCH3 is 1. The molecular formula is C20H28N2O4. The Morgan fingerprint density at radius 2 is 1.81 bits per heavy atom. The fourth-order valence-electron chi connectivity index (χ4n) is 2.86. The van der Waals surface area contributed by atoms with Crippen LogP contribution >= 0.6 is 0 Å². The second-order valence-electron chi connectivity index (χ2n) is 7.13. The van der Waals surface area contributed by atoms with E-state index < -0.39 is 11.7 Å². The summed E-state index contributed by atoms with van der Waals surface area (Å²) in [7, 11) is 1.59. The molecule has 1 aromatic heterocycles. The number of fused-ring (bicyclic) bond motifs is 1. The molecule has 0 aliphatic rings. The van der Waals surface area contributed by atoms with Crippen LogP contribution in [-0.2, 0) is 16.0 Å². The summed E-state index contributed by atoms with van der Waals surface area (Å²) < 4.78 is 12.3. The van der Waals surface area contributed by atoms with Gasteiger partial charge in [-0.2, -0.15) is 0 Å². The lowest BCUT2D eigenvalue weighted by atomic mass is 10.1. The van der Waals surface area contributed by atoms with Gasteiger partial charge >= 0.3 is 6.09 Å². The van der Waals surface area contributed by atoms with Gasteiger partial charge in [0.25, 0.3) is 0 Å². The van der Waals surface area contributed by atoms with Crippen LogP contribution in [0.5, 0.6) is 5.75 Å². The van der Waals surface area contributed by atoms with Gasteiger partial charge in [-0.1, -0.05) is 0 Å². The van der Waals surface area contributed by atoms with E-state index in [1.165, 1.54) is 4.57 Å². The molecule has 0 radical (unpaired) electrons. The van der Waals surface area contributed by atoms with Gasteiger partial charge in [0.15, 0.2) is 0 Å². The lowest BCUT2D eigenvalue weighted by Crippen LogP contribution is -2.31. The lowest BCUT2D eigenvalue weighted by molar-refractivity contribution is -0.130. The molecule has 26 heavy (non-hydrogen) atoms. The number of benzene rings is 1. The van der Waals surface area contributed by atoms with Crippen LogP contribution < -0.4 is 4.74 Å². The summed E-state index contributed by atoms with van der Waals surface area (Å²) >= 11 is 0. The molecule has 0 saturated heterocycles. The quantitative estimate of drug-likeness (QED) is 0.813. The van der Waals surface area contributed by atoms with E-state index in [9.17, 15) is 9.59 Å². The Kier molecular flexibility index (Phi) is 5.95. The van der Waals surface area contributed by atoms with Gasteiger partial charge in [-0.25, -0.2) is 4.79 Å². The Morgan fingerprint density at radius 3 is 2.35 bits per heavy atom. The van der Waals surface area contributed by atoms with Gasteiger partial charge in [0, 0.05) is 24.7 Å². The first-order valence-corrected chi connectivity index (χ1v) is 8.89. The minimum Gasteiger partial charge on any atom is -0.497 e. The fourth-order valence-corrected chi connectivity index (χ4v) is 2.86. The average molecular weight is 360 g/mol. The summed E-state index contributed by atoms with van der Waals surface area (Å²) in [5, 5.41) is 0.815. The molecule has 0 N–H and O–H groups in total. The van der Waals surface area contributed by atoms with Gasteiger partial charge < -0.3 is 14.4 Å². The SMILES string of the molecule is CCN(CC)C(=O)Cc1cn(C(=O)OC(C)(C)C)c2ccc(OC)cc12. The molecule has 0 aliphatic heterocycles. The maximum atomic E-state index is 12.6. The first kappa shape index (κ1) is 19.8. The Bertz CT molecular complexity index is 798. The Labute approximate surface area is 154 Å². The third-order valence-corrected chi connectivity index (χ3v) is 4.14. The molecule has 0 aliphatic carbocycles. The molecule has 2 aromatic rings. The first-order valence-electron chi connectivity index (χ1n) is 8.89. The highest BCUT2D eigenvalue weighted by molar-refractivity contribution is 5.95. The standard InChI is InChI=1S/C20H28N2O4/c1-7-21(8-2)18(23)11-14-13-22(19(24)26-20(3,4)5)17-10-9-15(25-6)12-16(14)17/h9-10,12-13H,7-8,11H2,1-6H3. The number of ether oxygens (including phenoxy) is 2. The predicted octanol–water partition coefficient (Wildman–Crippen LogP) is 3.84. The number of carbonyl (C=O) groups is 2. The van der Waals surface area contributed by atoms with E-state index in [0.29, 0.717) is 24.4 Å². The maximum Gasteiger partial charge on any atom is 0.419 e. The highest BCUT2D eigenvalue weighted by Gasteiger charge is 2.22. The van der Waals surface area contributed by atoms with Gasteiger partial charge in [0.2, 0.25) is 5.91 Å². The zero-order valence-electron chi connectivity index (χ0n) is 16.5. The van der Waals surface area contributed by atoms with Crippen LogP contribution in [0.1, 0.15) is 40.2 Å². The number of nitrogens with zero attached hydrogens (tertiary/aromatic N) is 2. The molecule has 0 bridgehead atoms. The van der Waals surface area contributed by atoms with E-state index >= 15 is 0 Å². The van der Waals surface area contributed by atoms with Crippen molar-refractivity contribution in [1.82, 2.24) is 9.47 Å². The monoisotopic (exact) mass is 360 g/mol. The summed E-state index contributed by atoms with van der Waals surface area (Å²) in [6.45, 7) is 10.7. The molecule has 2 rings (SSSR count). The van der Waals surface area contributed by atoms with Crippen molar-refractivity contribution in [3.8, 4) is 5.75 Å². The molecule has 0 unspecified atom stereocenters. The third kappa shape index (κ3) is 4.36. The molecule has 0 fully saturated rings. The minimum absolute atomic E-state index is 0.0288. The van der Waals surface area contributed by atoms with E-state index in [1.807, 2.05) is 46.8 Å². The molecule has 0 saturated carbocycles. The lowest BCUT2D eigenvalue weighted by Gasteiger charge is -2.19. The van der Waals surface area contributed by atoms with Crippen LogP contribution in [-0.4, -0.2) is 47.3 Å². The van der Waals surface area contributed by atoms with Crippen LogP contribution in [0.25, 0.3) is 10.9 Å². The second kappa shape index (κ2) is 7.81.